The van der Waals surface area contributed by atoms with Gasteiger partial charge in [-0.15, -0.1) is 0 Å². The van der Waals surface area contributed by atoms with Crippen LogP contribution < -0.4 is 16.8 Å². The van der Waals surface area contributed by atoms with Crippen LogP contribution in [0.2, 0.25) is 0 Å². The van der Waals surface area contributed by atoms with Crippen molar-refractivity contribution >= 4 is 11.9 Å². The highest BCUT2D eigenvalue weighted by molar-refractivity contribution is 5.85. The fraction of sp³-hybridized carbons (Fsp3) is 0.667. The van der Waals surface area contributed by atoms with Crippen LogP contribution in [0.4, 0.5) is 0 Å². The number of carboxylic acids is 1. The Morgan fingerprint density at radius 1 is 1.50 bits per heavy atom. The first-order valence-corrected chi connectivity index (χ1v) is 3.53. The van der Waals surface area contributed by atoms with Crippen LogP contribution in [0.15, 0.2) is 0 Å². The smallest absolute Gasteiger partial charge is 0.305 e. The molecular weight excluding hydrogens is 162 g/mol. The normalized spacial score (nSPS) is 12.2. The molecule has 6 N–H and O–H groups in total. The maximum atomic E-state index is 10.9. The number of rotatable bonds is 5. The van der Waals surface area contributed by atoms with Gasteiger partial charge in [0.2, 0.25) is 5.91 Å². The van der Waals surface area contributed by atoms with E-state index in [4.69, 9.17) is 16.6 Å². The molecule has 1 amide bonds. The van der Waals surface area contributed by atoms with Gasteiger partial charge < -0.3 is 21.9 Å². The largest absolute Gasteiger partial charge is 0.481 e. The molecule has 70 valence electrons. The van der Waals surface area contributed by atoms with Crippen molar-refractivity contribution in [2.75, 3.05) is 13.1 Å². The van der Waals surface area contributed by atoms with Crippen LogP contribution in [0.1, 0.15) is 6.42 Å². The zero-order valence-electron chi connectivity index (χ0n) is 6.62. The number of carbonyl (C=O) groups excluding carboxylic acids is 1. The Bertz CT molecular complexity index is 171. The molecule has 0 saturated heterocycles. The molecule has 12 heavy (non-hydrogen) atoms. The summed E-state index contributed by atoms with van der Waals surface area (Å²) in [6.07, 6.45) is -0.365. The summed E-state index contributed by atoms with van der Waals surface area (Å²) >= 11 is 0. The average molecular weight is 175 g/mol. The molecule has 0 aromatic rings. The van der Waals surface area contributed by atoms with E-state index in [9.17, 15) is 9.59 Å². The maximum Gasteiger partial charge on any atom is 0.305 e. The Labute approximate surface area is 69.9 Å². The molecule has 6 nitrogen and oxygen atoms in total. The summed E-state index contributed by atoms with van der Waals surface area (Å²) in [6.45, 7) is 0.623. The molecule has 0 rings (SSSR count). The van der Waals surface area contributed by atoms with Crippen LogP contribution in [0.5, 0.6) is 0 Å². The Hall–Kier alpha value is -1.14. The predicted molar refractivity (Wildman–Crippen MR) is 42.3 cm³/mol. The highest BCUT2D eigenvalue weighted by Gasteiger charge is 2.15. The van der Waals surface area contributed by atoms with Gasteiger partial charge in [-0.1, -0.05) is 0 Å². The molecule has 0 aromatic carbocycles. The number of carbonyl (C=O) groups is 2. The van der Waals surface area contributed by atoms with E-state index >= 15 is 0 Å². The molecular formula is C6H13N3O3. The fourth-order valence-electron chi connectivity index (χ4n) is 0.607. The molecule has 0 saturated carbocycles. The van der Waals surface area contributed by atoms with Crippen LogP contribution in [0.25, 0.3) is 0 Å². The number of aliphatic carboxylic acids is 1. The molecule has 0 bridgehead atoms. The first-order chi connectivity index (χ1) is 5.57. The summed E-state index contributed by atoms with van der Waals surface area (Å²) in [5.41, 5.74) is 10.3. The van der Waals surface area contributed by atoms with Crippen molar-refractivity contribution in [1.29, 1.82) is 0 Å². The molecule has 6 heteroatoms. The van der Waals surface area contributed by atoms with Crippen molar-refractivity contribution in [3.8, 4) is 0 Å². The lowest BCUT2D eigenvalue weighted by atomic mass is 10.2. The Morgan fingerprint density at radius 3 is 2.50 bits per heavy atom. The number of amides is 1. The van der Waals surface area contributed by atoms with Crippen LogP contribution in [0, 0.1) is 0 Å². The SMILES string of the molecule is NCCNC(=O)C(N)CC(=O)O. The summed E-state index contributed by atoms with van der Waals surface area (Å²) < 4.78 is 0. The minimum atomic E-state index is -1.09. The van der Waals surface area contributed by atoms with Crippen molar-refractivity contribution < 1.29 is 14.7 Å². The summed E-state index contributed by atoms with van der Waals surface area (Å²) in [7, 11) is 0. The minimum Gasteiger partial charge on any atom is -0.481 e. The van der Waals surface area contributed by atoms with Crippen molar-refractivity contribution in [2.45, 2.75) is 12.5 Å². The number of nitrogens with one attached hydrogen (secondary N) is 1. The molecule has 1 unspecified atom stereocenters. The van der Waals surface area contributed by atoms with E-state index < -0.39 is 17.9 Å². The Balaban J connectivity index is 3.69. The molecule has 0 radical (unpaired) electrons. The van der Waals surface area contributed by atoms with Gasteiger partial charge in [-0.3, -0.25) is 9.59 Å². The van der Waals surface area contributed by atoms with Gasteiger partial charge in [-0.25, -0.2) is 0 Å². The second-order valence-corrected chi connectivity index (χ2v) is 2.28. The summed E-state index contributed by atoms with van der Waals surface area (Å²) in [5.74, 6) is -1.58. The van der Waals surface area contributed by atoms with Crippen molar-refractivity contribution in [2.24, 2.45) is 11.5 Å². The first kappa shape index (κ1) is 10.9. The molecule has 0 fully saturated rings. The second-order valence-electron chi connectivity index (χ2n) is 2.28. The maximum absolute atomic E-state index is 10.9. The number of hydrogen-bond donors (Lipinski definition) is 4. The third-order valence-corrected chi connectivity index (χ3v) is 1.17. The van der Waals surface area contributed by atoms with Crippen LogP contribution in [0.3, 0.4) is 0 Å². The van der Waals surface area contributed by atoms with E-state index in [2.05, 4.69) is 5.32 Å². The number of carboxylic acid groups (broad SMARTS) is 1. The van der Waals surface area contributed by atoms with Gasteiger partial charge in [0.25, 0.3) is 0 Å². The monoisotopic (exact) mass is 175 g/mol. The van der Waals surface area contributed by atoms with Gasteiger partial charge in [-0.05, 0) is 0 Å². The Kier molecular flexibility index (Phi) is 4.98. The highest BCUT2D eigenvalue weighted by atomic mass is 16.4. The molecule has 0 aromatic heterocycles. The number of nitrogens with two attached hydrogens (primary N) is 2. The van der Waals surface area contributed by atoms with E-state index in [1.165, 1.54) is 0 Å². The summed E-state index contributed by atoms with van der Waals surface area (Å²) in [6, 6.07) is -0.992. The van der Waals surface area contributed by atoms with Crippen molar-refractivity contribution in [1.82, 2.24) is 5.32 Å². The molecule has 0 aliphatic rings. The third-order valence-electron chi connectivity index (χ3n) is 1.17. The molecule has 0 aliphatic heterocycles. The summed E-state index contributed by atoms with van der Waals surface area (Å²) in [5, 5.41) is 10.7. The second kappa shape index (κ2) is 5.50. The van der Waals surface area contributed by atoms with E-state index in [0.717, 1.165) is 0 Å². The topological polar surface area (TPSA) is 118 Å². The molecule has 1 atom stereocenters. The number of hydrogen-bond acceptors (Lipinski definition) is 4. The molecule has 0 spiro atoms. The van der Waals surface area contributed by atoms with Gasteiger partial charge in [0, 0.05) is 13.1 Å². The van der Waals surface area contributed by atoms with E-state index in [1.54, 1.807) is 0 Å². The minimum absolute atomic E-state index is 0.311. The van der Waals surface area contributed by atoms with Gasteiger partial charge >= 0.3 is 5.97 Å². The van der Waals surface area contributed by atoms with Crippen LogP contribution in [-0.2, 0) is 9.59 Å². The van der Waals surface area contributed by atoms with Crippen molar-refractivity contribution in [3.63, 3.8) is 0 Å². The highest BCUT2D eigenvalue weighted by Crippen LogP contribution is 1.87. The van der Waals surface area contributed by atoms with E-state index in [0.29, 0.717) is 13.1 Å². The van der Waals surface area contributed by atoms with E-state index in [-0.39, 0.29) is 6.42 Å². The Morgan fingerprint density at radius 2 is 2.08 bits per heavy atom. The van der Waals surface area contributed by atoms with Gasteiger partial charge in [0.15, 0.2) is 0 Å². The molecule has 0 heterocycles. The van der Waals surface area contributed by atoms with Crippen LogP contribution >= 0.6 is 0 Å². The lowest BCUT2D eigenvalue weighted by Crippen LogP contribution is -2.43. The zero-order chi connectivity index (χ0) is 9.56. The van der Waals surface area contributed by atoms with E-state index in [1.807, 2.05) is 0 Å². The quantitative estimate of drug-likeness (QED) is 0.380. The lowest BCUT2D eigenvalue weighted by molar-refractivity contribution is -0.139. The predicted octanol–water partition coefficient (Wildman–Crippen LogP) is -2.14. The fourth-order valence-corrected chi connectivity index (χ4v) is 0.607. The van der Waals surface area contributed by atoms with Gasteiger partial charge in [-0.2, -0.15) is 0 Å². The van der Waals surface area contributed by atoms with Gasteiger partial charge in [0.05, 0.1) is 12.5 Å². The third kappa shape index (κ3) is 4.64. The standard InChI is InChI=1S/C6H13N3O3/c7-1-2-9-6(12)4(8)3-5(10)11/h4H,1-3,7-8H2,(H,9,12)(H,10,11). The summed E-state index contributed by atoms with van der Waals surface area (Å²) in [4.78, 5) is 21.0. The van der Waals surface area contributed by atoms with Gasteiger partial charge in [0.1, 0.15) is 0 Å². The van der Waals surface area contributed by atoms with Crippen molar-refractivity contribution in [3.05, 3.63) is 0 Å². The van der Waals surface area contributed by atoms with Crippen LogP contribution in [-0.4, -0.2) is 36.1 Å². The first-order valence-electron chi connectivity index (χ1n) is 3.53. The zero-order valence-corrected chi connectivity index (χ0v) is 6.62. The molecule has 0 aliphatic carbocycles. The lowest BCUT2D eigenvalue weighted by Gasteiger charge is -2.08. The average Bonchev–Trinajstić information content (AvgIpc) is 1.98.